The Morgan fingerprint density at radius 3 is 2.55 bits per heavy atom. The quantitative estimate of drug-likeness (QED) is 0.587. The second-order valence-electron chi connectivity index (χ2n) is 3.26. The van der Waals surface area contributed by atoms with Crippen LogP contribution in [0.1, 0.15) is 26.7 Å². The molecule has 4 atom stereocenters. The van der Waals surface area contributed by atoms with Crippen LogP contribution in [0.3, 0.4) is 0 Å². The minimum Gasteiger partial charge on any atom is -0.388 e. The molecule has 0 bridgehead atoms. The third-order valence-corrected chi connectivity index (χ3v) is 2.30. The third kappa shape index (κ3) is 1.92. The van der Waals surface area contributed by atoms with Gasteiger partial charge in [0.2, 0.25) is 0 Å². The minimum absolute atomic E-state index is 0.114. The summed E-state index contributed by atoms with van der Waals surface area (Å²) in [6.45, 7) is 3.95. The fraction of sp³-hybridized carbons (Fsp3) is 1.00. The molecule has 11 heavy (non-hydrogen) atoms. The fourth-order valence-corrected chi connectivity index (χ4v) is 1.43. The van der Waals surface area contributed by atoms with Gasteiger partial charge in [-0.15, -0.1) is 0 Å². The Labute approximate surface area is 67.0 Å². The zero-order valence-corrected chi connectivity index (χ0v) is 7.03. The van der Waals surface area contributed by atoms with Crippen molar-refractivity contribution in [2.75, 3.05) is 0 Å². The van der Waals surface area contributed by atoms with Crippen LogP contribution in [-0.4, -0.2) is 28.7 Å². The highest BCUT2D eigenvalue weighted by molar-refractivity contribution is 4.77. The highest BCUT2D eigenvalue weighted by atomic mass is 16.6. The molecule has 0 aromatic heterocycles. The lowest BCUT2D eigenvalue weighted by atomic mass is 9.93. The molecule has 3 heteroatoms. The van der Waals surface area contributed by atoms with Gasteiger partial charge in [-0.3, -0.25) is 0 Å². The molecule has 66 valence electrons. The number of hydrogen-bond acceptors (Lipinski definition) is 3. The molecule has 0 aromatic carbocycles. The molecule has 1 fully saturated rings. The van der Waals surface area contributed by atoms with Crippen LogP contribution in [-0.2, 0) is 4.74 Å². The van der Waals surface area contributed by atoms with Crippen molar-refractivity contribution in [3.8, 4) is 0 Å². The lowest BCUT2D eigenvalue weighted by Crippen LogP contribution is -2.43. The van der Waals surface area contributed by atoms with Crippen LogP contribution in [0.15, 0.2) is 0 Å². The molecular formula is C8H16O3. The molecule has 3 nitrogen and oxygen atoms in total. The normalized spacial score (nSPS) is 45.8. The minimum atomic E-state index is -0.983. The maximum atomic E-state index is 9.28. The summed E-state index contributed by atoms with van der Waals surface area (Å²) in [6, 6.07) is 0. The molecule has 1 heterocycles. The van der Waals surface area contributed by atoms with Crippen LogP contribution in [0.4, 0.5) is 0 Å². The Balaban J connectivity index is 2.47. The predicted octanol–water partition coefficient (Wildman–Crippen LogP) is 0.501. The van der Waals surface area contributed by atoms with Crippen molar-refractivity contribution in [2.45, 2.75) is 45.2 Å². The zero-order valence-electron chi connectivity index (χ0n) is 7.03. The maximum Gasteiger partial charge on any atom is 0.181 e. The van der Waals surface area contributed by atoms with Crippen LogP contribution >= 0.6 is 0 Å². The van der Waals surface area contributed by atoms with E-state index < -0.39 is 12.4 Å². The van der Waals surface area contributed by atoms with Crippen LogP contribution in [0.2, 0.25) is 0 Å². The Kier molecular flexibility index (Phi) is 2.87. The Morgan fingerprint density at radius 1 is 1.45 bits per heavy atom. The van der Waals surface area contributed by atoms with Gasteiger partial charge in [0.25, 0.3) is 0 Å². The number of hydrogen-bond donors (Lipinski definition) is 2. The second kappa shape index (κ2) is 3.52. The monoisotopic (exact) mass is 160 g/mol. The van der Waals surface area contributed by atoms with Crippen LogP contribution < -0.4 is 0 Å². The molecule has 0 saturated carbocycles. The van der Waals surface area contributed by atoms with Crippen molar-refractivity contribution < 1.29 is 14.9 Å². The highest BCUT2D eigenvalue weighted by Crippen LogP contribution is 2.25. The Morgan fingerprint density at radius 2 is 2.09 bits per heavy atom. The summed E-state index contributed by atoms with van der Waals surface area (Å²) in [5.41, 5.74) is 0. The first-order chi connectivity index (χ1) is 5.15. The van der Waals surface area contributed by atoms with Crippen molar-refractivity contribution >= 4 is 0 Å². The number of rotatable bonds is 1. The number of ether oxygens (including phenoxy) is 1. The highest BCUT2D eigenvalue weighted by Gasteiger charge is 2.32. The zero-order chi connectivity index (χ0) is 8.43. The van der Waals surface area contributed by atoms with E-state index >= 15 is 0 Å². The third-order valence-electron chi connectivity index (χ3n) is 2.30. The van der Waals surface area contributed by atoms with Crippen LogP contribution in [0.25, 0.3) is 0 Å². The van der Waals surface area contributed by atoms with E-state index in [9.17, 15) is 10.2 Å². The predicted molar refractivity (Wildman–Crippen MR) is 41.0 cm³/mol. The van der Waals surface area contributed by atoms with Gasteiger partial charge in [-0.25, -0.2) is 0 Å². The molecule has 1 rings (SSSR count). The summed E-state index contributed by atoms with van der Waals surface area (Å²) < 4.78 is 5.12. The fourth-order valence-electron chi connectivity index (χ4n) is 1.43. The van der Waals surface area contributed by atoms with Gasteiger partial charge in [0.05, 0.1) is 6.10 Å². The van der Waals surface area contributed by atoms with Crippen molar-refractivity contribution in [3.05, 3.63) is 0 Å². The Hall–Kier alpha value is -0.120. The molecule has 0 aromatic rings. The van der Waals surface area contributed by atoms with E-state index in [2.05, 4.69) is 0 Å². The van der Waals surface area contributed by atoms with E-state index in [1.807, 2.05) is 13.8 Å². The summed E-state index contributed by atoms with van der Waals surface area (Å²) in [5, 5.41) is 18.5. The van der Waals surface area contributed by atoms with Crippen LogP contribution in [0.5, 0.6) is 0 Å². The second-order valence-corrected chi connectivity index (χ2v) is 3.26. The molecule has 1 aliphatic heterocycles. The lowest BCUT2D eigenvalue weighted by Gasteiger charge is -2.34. The van der Waals surface area contributed by atoms with Gasteiger partial charge in [-0.1, -0.05) is 13.8 Å². The van der Waals surface area contributed by atoms with E-state index in [1.165, 1.54) is 0 Å². The van der Waals surface area contributed by atoms with Crippen LogP contribution in [0, 0.1) is 5.92 Å². The van der Waals surface area contributed by atoms with Crippen molar-refractivity contribution in [3.63, 3.8) is 0 Å². The topological polar surface area (TPSA) is 49.7 Å². The SMILES string of the molecule is CC[C@H]1CC(C)C(O)C(O)O1. The number of aliphatic hydroxyl groups excluding tert-OH is 2. The first-order valence-electron chi connectivity index (χ1n) is 4.16. The summed E-state index contributed by atoms with van der Waals surface area (Å²) in [6.07, 6.45) is 0.160. The van der Waals surface area contributed by atoms with Crippen molar-refractivity contribution in [1.82, 2.24) is 0 Å². The van der Waals surface area contributed by atoms with Gasteiger partial charge in [0.15, 0.2) is 6.29 Å². The van der Waals surface area contributed by atoms with E-state index in [0.717, 1.165) is 12.8 Å². The largest absolute Gasteiger partial charge is 0.388 e. The Bertz CT molecular complexity index is 115. The van der Waals surface area contributed by atoms with Gasteiger partial charge in [-0.05, 0) is 18.8 Å². The smallest absolute Gasteiger partial charge is 0.181 e. The van der Waals surface area contributed by atoms with Crippen molar-refractivity contribution in [1.29, 1.82) is 0 Å². The van der Waals surface area contributed by atoms with Gasteiger partial charge in [-0.2, -0.15) is 0 Å². The first-order valence-corrected chi connectivity index (χ1v) is 4.16. The standard InChI is InChI=1S/C8H16O3/c1-3-6-4-5(2)7(9)8(10)11-6/h5-10H,3-4H2,1-2H3/t5?,6-,7?,8?/m0/s1. The summed E-state index contributed by atoms with van der Waals surface area (Å²) in [4.78, 5) is 0. The first kappa shape index (κ1) is 8.97. The van der Waals surface area contributed by atoms with E-state index in [0.29, 0.717) is 0 Å². The molecule has 2 N–H and O–H groups in total. The molecule has 0 amide bonds. The van der Waals surface area contributed by atoms with Gasteiger partial charge < -0.3 is 14.9 Å². The van der Waals surface area contributed by atoms with Gasteiger partial charge in [0.1, 0.15) is 6.10 Å². The van der Waals surface area contributed by atoms with Crippen molar-refractivity contribution in [2.24, 2.45) is 5.92 Å². The molecular weight excluding hydrogens is 144 g/mol. The molecule has 3 unspecified atom stereocenters. The lowest BCUT2D eigenvalue weighted by molar-refractivity contribution is -0.231. The van der Waals surface area contributed by atoms with E-state index in [4.69, 9.17) is 4.74 Å². The molecule has 1 saturated heterocycles. The van der Waals surface area contributed by atoms with Gasteiger partial charge in [0, 0.05) is 0 Å². The van der Waals surface area contributed by atoms with E-state index in [1.54, 1.807) is 0 Å². The molecule has 0 radical (unpaired) electrons. The average molecular weight is 160 g/mol. The summed E-state index contributed by atoms with van der Waals surface area (Å²) in [7, 11) is 0. The maximum absolute atomic E-state index is 9.28. The summed E-state index contributed by atoms with van der Waals surface area (Å²) >= 11 is 0. The molecule has 0 spiro atoms. The van der Waals surface area contributed by atoms with E-state index in [-0.39, 0.29) is 12.0 Å². The summed E-state index contributed by atoms with van der Waals surface area (Å²) in [5.74, 6) is 0.142. The molecule has 0 aliphatic carbocycles. The van der Waals surface area contributed by atoms with Gasteiger partial charge >= 0.3 is 0 Å². The average Bonchev–Trinajstić information content (AvgIpc) is 1.99. The number of aliphatic hydroxyl groups is 2. The molecule has 1 aliphatic rings.